The fourth-order valence-corrected chi connectivity index (χ4v) is 4.81. The number of aryl methyl sites for hydroxylation is 1. The van der Waals surface area contributed by atoms with Gasteiger partial charge in [0.2, 0.25) is 17.6 Å². The van der Waals surface area contributed by atoms with Crippen LogP contribution in [0.1, 0.15) is 18.7 Å². The predicted octanol–water partition coefficient (Wildman–Crippen LogP) is 1.30. The van der Waals surface area contributed by atoms with Gasteiger partial charge in [-0.15, -0.1) is 0 Å². The quantitative estimate of drug-likeness (QED) is 0.679. The minimum atomic E-state index is -3.09. The lowest BCUT2D eigenvalue weighted by molar-refractivity contribution is -0.149. The van der Waals surface area contributed by atoms with Gasteiger partial charge in [-0.2, -0.15) is 4.98 Å². The molecule has 0 radical (unpaired) electrons. The van der Waals surface area contributed by atoms with E-state index in [1.54, 1.807) is 31.2 Å². The summed E-state index contributed by atoms with van der Waals surface area (Å²) in [5.41, 5.74) is 0.615. The van der Waals surface area contributed by atoms with Crippen molar-refractivity contribution in [3.05, 3.63) is 36.0 Å². The standard InChI is InChI=1S/C17H21FN4O4S/c1-21(2)22(14-9-10-27(24,25)11-14)16(23)8-7-15-19-17(20-26-15)12-3-5-13(18)6-4-12/h3-6,14H,7-11H2,1-2H3/t14-/m0/s1. The SMILES string of the molecule is CN(C)N(C(=O)CCc1nc(-c2ccc(F)cc2)no1)[C@H]1CCS(=O)(=O)C1. The zero-order chi connectivity index (χ0) is 19.6. The van der Waals surface area contributed by atoms with E-state index in [-0.39, 0.29) is 42.1 Å². The fraction of sp³-hybridized carbons (Fsp3) is 0.471. The molecule has 1 aliphatic rings. The molecule has 2 heterocycles. The Morgan fingerprint density at radius 2 is 2.00 bits per heavy atom. The van der Waals surface area contributed by atoms with E-state index in [0.717, 1.165) is 0 Å². The first-order valence-electron chi connectivity index (χ1n) is 8.53. The van der Waals surface area contributed by atoms with Crippen molar-refractivity contribution in [2.24, 2.45) is 0 Å². The summed E-state index contributed by atoms with van der Waals surface area (Å²) in [5, 5.41) is 6.95. The Kier molecular flexibility index (Phi) is 5.56. The van der Waals surface area contributed by atoms with Crippen LogP contribution in [-0.2, 0) is 21.1 Å². The van der Waals surface area contributed by atoms with Gasteiger partial charge in [0, 0.05) is 32.5 Å². The summed E-state index contributed by atoms with van der Waals surface area (Å²) >= 11 is 0. The molecule has 2 aromatic rings. The smallest absolute Gasteiger partial charge is 0.237 e. The van der Waals surface area contributed by atoms with Crippen LogP contribution in [0.15, 0.2) is 28.8 Å². The average Bonchev–Trinajstić information content (AvgIpc) is 3.20. The molecule has 146 valence electrons. The Bertz CT molecular complexity index is 911. The molecule has 0 bridgehead atoms. The monoisotopic (exact) mass is 396 g/mol. The Hall–Kier alpha value is -2.33. The first-order valence-corrected chi connectivity index (χ1v) is 10.4. The molecule has 1 aliphatic heterocycles. The summed E-state index contributed by atoms with van der Waals surface area (Å²) in [5.74, 6) is 0.130. The highest BCUT2D eigenvalue weighted by atomic mass is 32.2. The number of aromatic nitrogens is 2. The topological polar surface area (TPSA) is 96.6 Å². The fourth-order valence-electron chi connectivity index (χ4n) is 3.12. The molecule has 27 heavy (non-hydrogen) atoms. The molecule has 10 heteroatoms. The van der Waals surface area contributed by atoms with E-state index in [4.69, 9.17) is 4.52 Å². The molecule has 0 saturated carbocycles. The van der Waals surface area contributed by atoms with Gasteiger partial charge < -0.3 is 4.52 Å². The van der Waals surface area contributed by atoms with E-state index < -0.39 is 9.84 Å². The van der Waals surface area contributed by atoms with Gasteiger partial charge in [-0.25, -0.2) is 17.8 Å². The summed E-state index contributed by atoms with van der Waals surface area (Å²) in [6.07, 6.45) is 0.776. The number of amides is 1. The molecule has 1 amide bonds. The largest absolute Gasteiger partial charge is 0.339 e. The van der Waals surface area contributed by atoms with Gasteiger partial charge in [0.1, 0.15) is 5.82 Å². The second-order valence-electron chi connectivity index (χ2n) is 6.66. The first kappa shape index (κ1) is 19.4. The van der Waals surface area contributed by atoms with Crippen LogP contribution in [-0.4, -0.2) is 66.1 Å². The van der Waals surface area contributed by atoms with Gasteiger partial charge in [0.15, 0.2) is 9.84 Å². The van der Waals surface area contributed by atoms with Crippen molar-refractivity contribution in [3.63, 3.8) is 0 Å². The summed E-state index contributed by atoms with van der Waals surface area (Å²) in [6.45, 7) is 0. The number of hydrazine groups is 1. The maximum absolute atomic E-state index is 13.0. The number of hydrogen-bond acceptors (Lipinski definition) is 7. The van der Waals surface area contributed by atoms with Crippen LogP contribution < -0.4 is 0 Å². The van der Waals surface area contributed by atoms with Gasteiger partial charge in [-0.05, 0) is 30.7 Å². The van der Waals surface area contributed by atoms with Crippen LogP contribution in [0.5, 0.6) is 0 Å². The minimum Gasteiger partial charge on any atom is -0.339 e. The zero-order valence-electron chi connectivity index (χ0n) is 15.1. The van der Waals surface area contributed by atoms with E-state index in [2.05, 4.69) is 10.1 Å². The number of halogens is 1. The third kappa shape index (κ3) is 4.69. The van der Waals surface area contributed by atoms with Gasteiger partial charge in [0.05, 0.1) is 17.5 Å². The molecule has 0 aliphatic carbocycles. The zero-order valence-corrected chi connectivity index (χ0v) is 15.9. The molecule has 1 aromatic carbocycles. The number of carbonyl (C=O) groups is 1. The minimum absolute atomic E-state index is 0.0216. The van der Waals surface area contributed by atoms with Gasteiger partial charge in [-0.3, -0.25) is 9.80 Å². The molecule has 1 atom stereocenters. The lowest BCUT2D eigenvalue weighted by atomic mass is 10.2. The van der Waals surface area contributed by atoms with Gasteiger partial charge >= 0.3 is 0 Å². The van der Waals surface area contributed by atoms with E-state index in [1.807, 2.05) is 0 Å². The lowest BCUT2D eigenvalue weighted by Gasteiger charge is -2.33. The highest BCUT2D eigenvalue weighted by Crippen LogP contribution is 2.20. The summed E-state index contributed by atoms with van der Waals surface area (Å²) in [4.78, 5) is 16.9. The predicted molar refractivity (Wildman–Crippen MR) is 95.6 cm³/mol. The average molecular weight is 396 g/mol. The number of benzene rings is 1. The lowest BCUT2D eigenvalue weighted by Crippen LogP contribution is -2.49. The summed E-state index contributed by atoms with van der Waals surface area (Å²) in [7, 11) is 0.328. The molecule has 0 unspecified atom stereocenters. The molecular formula is C17H21FN4O4S. The molecule has 0 N–H and O–H groups in total. The summed E-state index contributed by atoms with van der Waals surface area (Å²) < 4.78 is 41.6. The number of carbonyl (C=O) groups excluding carboxylic acids is 1. The maximum atomic E-state index is 13.0. The van der Waals surface area contributed by atoms with Crippen LogP contribution >= 0.6 is 0 Å². The molecule has 8 nitrogen and oxygen atoms in total. The van der Waals surface area contributed by atoms with Crippen LogP contribution in [0, 0.1) is 5.82 Å². The van der Waals surface area contributed by atoms with Crippen LogP contribution in [0.4, 0.5) is 4.39 Å². The summed E-state index contributed by atoms with van der Waals surface area (Å²) in [6, 6.07) is 5.35. The molecule has 0 spiro atoms. The van der Waals surface area contributed by atoms with Crippen LogP contribution in [0.2, 0.25) is 0 Å². The van der Waals surface area contributed by atoms with Crippen molar-refractivity contribution < 1.29 is 22.1 Å². The number of nitrogens with zero attached hydrogens (tertiary/aromatic N) is 4. The molecule has 1 aromatic heterocycles. The Labute approximate surface area is 156 Å². The van der Waals surface area contributed by atoms with Crippen LogP contribution in [0.25, 0.3) is 11.4 Å². The molecule has 1 fully saturated rings. The van der Waals surface area contributed by atoms with Crippen molar-refractivity contribution >= 4 is 15.7 Å². The highest BCUT2D eigenvalue weighted by molar-refractivity contribution is 7.91. The van der Waals surface area contributed by atoms with Crippen molar-refractivity contribution in [1.29, 1.82) is 0 Å². The van der Waals surface area contributed by atoms with Crippen molar-refractivity contribution in [1.82, 2.24) is 20.2 Å². The van der Waals surface area contributed by atoms with Crippen molar-refractivity contribution in [2.45, 2.75) is 25.3 Å². The third-order valence-electron chi connectivity index (χ3n) is 4.36. The Morgan fingerprint density at radius 1 is 1.30 bits per heavy atom. The van der Waals surface area contributed by atoms with Crippen molar-refractivity contribution in [3.8, 4) is 11.4 Å². The van der Waals surface area contributed by atoms with Crippen molar-refractivity contribution in [2.75, 3.05) is 25.6 Å². The third-order valence-corrected chi connectivity index (χ3v) is 6.11. The van der Waals surface area contributed by atoms with Gasteiger partial charge in [0.25, 0.3) is 0 Å². The Morgan fingerprint density at radius 3 is 2.59 bits per heavy atom. The van der Waals surface area contributed by atoms with E-state index in [0.29, 0.717) is 23.7 Å². The normalized spacial score (nSPS) is 18.7. The van der Waals surface area contributed by atoms with Crippen LogP contribution in [0.3, 0.4) is 0 Å². The highest BCUT2D eigenvalue weighted by Gasteiger charge is 2.35. The van der Waals surface area contributed by atoms with E-state index >= 15 is 0 Å². The van der Waals surface area contributed by atoms with E-state index in [1.165, 1.54) is 17.1 Å². The number of sulfone groups is 1. The molecule has 1 saturated heterocycles. The number of hydrogen-bond donors (Lipinski definition) is 0. The molecular weight excluding hydrogens is 375 g/mol. The maximum Gasteiger partial charge on any atom is 0.237 e. The van der Waals surface area contributed by atoms with E-state index in [9.17, 15) is 17.6 Å². The second-order valence-corrected chi connectivity index (χ2v) is 8.89. The first-order chi connectivity index (χ1) is 12.7. The Balaban J connectivity index is 1.63. The number of rotatable bonds is 6. The van der Waals surface area contributed by atoms with Gasteiger partial charge in [-0.1, -0.05) is 5.16 Å². The molecule has 3 rings (SSSR count). The second kappa shape index (κ2) is 7.73.